The molecule has 0 saturated heterocycles. The van der Waals surface area contributed by atoms with Gasteiger partial charge in [-0.25, -0.2) is 0 Å². The van der Waals surface area contributed by atoms with E-state index in [9.17, 15) is 0 Å². The lowest BCUT2D eigenvalue weighted by molar-refractivity contribution is 0.471. The van der Waals surface area contributed by atoms with Crippen molar-refractivity contribution in [3.63, 3.8) is 0 Å². The molecule has 0 aliphatic heterocycles. The van der Waals surface area contributed by atoms with E-state index in [-0.39, 0.29) is 0 Å². The Morgan fingerprint density at radius 3 is 2.58 bits per heavy atom. The van der Waals surface area contributed by atoms with E-state index in [2.05, 4.69) is 38.2 Å². The summed E-state index contributed by atoms with van der Waals surface area (Å²) in [6.07, 6.45) is 8.71. The van der Waals surface area contributed by atoms with Gasteiger partial charge < -0.3 is 5.32 Å². The molecule has 0 unspecified atom stereocenters. The van der Waals surface area contributed by atoms with Crippen LogP contribution in [0.4, 0.5) is 0 Å². The van der Waals surface area contributed by atoms with Crippen LogP contribution in [0.5, 0.6) is 0 Å². The molecule has 1 fully saturated rings. The Morgan fingerprint density at radius 1 is 1.21 bits per heavy atom. The largest absolute Gasteiger partial charge is 0.312 e. The van der Waals surface area contributed by atoms with Crippen LogP contribution in [0.15, 0.2) is 12.1 Å². The van der Waals surface area contributed by atoms with Crippen molar-refractivity contribution in [3.05, 3.63) is 21.9 Å². The van der Waals surface area contributed by atoms with Gasteiger partial charge in [0, 0.05) is 16.3 Å². The lowest BCUT2D eigenvalue weighted by atomic mass is 9.95. The standard InChI is InChI=1S/C17H29NS/c1-17(2,3)16-11-10-15(19-16)13-18-12-6-9-14-7-4-5-8-14/h10-11,14,18H,4-9,12-13H2,1-3H3. The third-order valence-electron chi connectivity index (χ3n) is 4.14. The molecule has 0 aromatic carbocycles. The molecular formula is C17H29NS. The van der Waals surface area contributed by atoms with Gasteiger partial charge in [-0.1, -0.05) is 46.5 Å². The number of hydrogen-bond acceptors (Lipinski definition) is 2. The first-order valence-electron chi connectivity index (χ1n) is 7.85. The van der Waals surface area contributed by atoms with E-state index in [1.165, 1.54) is 54.8 Å². The molecule has 0 spiro atoms. The molecule has 2 rings (SSSR count). The van der Waals surface area contributed by atoms with Crippen LogP contribution in [0, 0.1) is 5.92 Å². The fourth-order valence-electron chi connectivity index (χ4n) is 2.90. The molecule has 0 bridgehead atoms. The molecule has 1 heterocycles. The van der Waals surface area contributed by atoms with Crippen LogP contribution in [0.1, 0.15) is 69.1 Å². The molecule has 1 nitrogen and oxygen atoms in total. The van der Waals surface area contributed by atoms with Crippen molar-refractivity contribution < 1.29 is 0 Å². The Labute approximate surface area is 122 Å². The highest BCUT2D eigenvalue weighted by Gasteiger charge is 2.16. The van der Waals surface area contributed by atoms with Crippen LogP contribution in [0.3, 0.4) is 0 Å². The van der Waals surface area contributed by atoms with Crippen LogP contribution < -0.4 is 5.32 Å². The van der Waals surface area contributed by atoms with Crippen molar-refractivity contribution in [1.29, 1.82) is 0 Å². The predicted octanol–water partition coefficient (Wildman–Crippen LogP) is 5.11. The minimum atomic E-state index is 0.297. The van der Waals surface area contributed by atoms with Crippen LogP contribution in [-0.4, -0.2) is 6.54 Å². The zero-order valence-electron chi connectivity index (χ0n) is 12.8. The molecule has 1 N–H and O–H groups in total. The molecule has 19 heavy (non-hydrogen) atoms. The SMILES string of the molecule is CC(C)(C)c1ccc(CNCCCC2CCCC2)s1. The summed E-state index contributed by atoms with van der Waals surface area (Å²) in [5.74, 6) is 1.04. The van der Waals surface area contributed by atoms with Gasteiger partial charge in [-0.3, -0.25) is 0 Å². The first-order valence-corrected chi connectivity index (χ1v) is 8.67. The van der Waals surface area contributed by atoms with E-state index in [0.717, 1.165) is 12.5 Å². The van der Waals surface area contributed by atoms with Gasteiger partial charge >= 0.3 is 0 Å². The van der Waals surface area contributed by atoms with E-state index in [4.69, 9.17) is 0 Å². The Morgan fingerprint density at radius 2 is 1.95 bits per heavy atom. The maximum absolute atomic E-state index is 3.60. The van der Waals surface area contributed by atoms with Crippen LogP contribution in [0.2, 0.25) is 0 Å². The highest BCUT2D eigenvalue weighted by molar-refractivity contribution is 7.12. The molecule has 1 aromatic heterocycles. The van der Waals surface area contributed by atoms with Crippen LogP contribution in [0.25, 0.3) is 0 Å². The van der Waals surface area contributed by atoms with Crippen molar-refractivity contribution in [2.75, 3.05) is 6.54 Å². The maximum Gasteiger partial charge on any atom is 0.0299 e. The molecule has 0 amide bonds. The van der Waals surface area contributed by atoms with E-state index < -0.39 is 0 Å². The smallest absolute Gasteiger partial charge is 0.0299 e. The van der Waals surface area contributed by atoms with Gasteiger partial charge in [0.15, 0.2) is 0 Å². The molecular weight excluding hydrogens is 250 g/mol. The monoisotopic (exact) mass is 279 g/mol. The van der Waals surface area contributed by atoms with E-state index in [0.29, 0.717) is 5.41 Å². The Bertz CT molecular complexity index is 369. The topological polar surface area (TPSA) is 12.0 Å². The van der Waals surface area contributed by atoms with Crippen LogP contribution in [-0.2, 0) is 12.0 Å². The molecule has 1 saturated carbocycles. The third-order valence-corrected chi connectivity index (χ3v) is 5.65. The summed E-state index contributed by atoms with van der Waals surface area (Å²) in [5.41, 5.74) is 0.297. The Hall–Kier alpha value is -0.340. The zero-order chi connectivity index (χ0) is 13.7. The normalized spacial score (nSPS) is 17.2. The van der Waals surface area contributed by atoms with Crippen molar-refractivity contribution in [2.24, 2.45) is 5.92 Å². The second kappa shape index (κ2) is 6.90. The molecule has 1 aliphatic carbocycles. The fraction of sp³-hybridized carbons (Fsp3) is 0.765. The Balaban J connectivity index is 1.61. The van der Waals surface area contributed by atoms with Gasteiger partial charge in [-0.2, -0.15) is 0 Å². The van der Waals surface area contributed by atoms with Crippen LogP contribution >= 0.6 is 11.3 Å². The molecule has 1 aliphatic rings. The van der Waals surface area contributed by atoms with Gasteiger partial charge in [0.05, 0.1) is 0 Å². The molecule has 1 aromatic rings. The van der Waals surface area contributed by atoms with E-state index in [1.54, 1.807) is 0 Å². The highest BCUT2D eigenvalue weighted by Crippen LogP contribution is 2.30. The molecule has 0 atom stereocenters. The summed E-state index contributed by atoms with van der Waals surface area (Å²) in [5, 5.41) is 3.60. The Kier molecular flexibility index (Phi) is 5.47. The lowest BCUT2D eigenvalue weighted by Crippen LogP contribution is -2.14. The summed E-state index contributed by atoms with van der Waals surface area (Å²) in [7, 11) is 0. The first-order chi connectivity index (χ1) is 9.05. The second-order valence-corrected chi connectivity index (χ2v) is 8.15. The summed E-state index contributed by atoms with van der Waals surface area (Å²) in [6.45, 7) is 9.09. The number of thiophene rings is 1. The van der Waals surface area contributed by atoms with Gasteiger partial charge in [0.1, 0.15) is 0 Å². The molecule has 108 valence electrons. The van der Waals surface area contributed by atoms with Gasteiger partial charge in [0.25, 0.3) is 0 Å². The highest BCUT2D eigenvalue weighted by atomic mass is 32.1. The average molecular weight is 279 g/mol. The van der Waals surface area contributed by atoms with Gasteiger partial charge in [-0.15, -0.1) is 11.3 Å². The predicted molar refractivity (Wildman–Crippen MR) is 85.9 cm³/mol. The van der Waals surface area contributed by atoms with E-state index in [1.807, 2.05) is 11.3 Å². The lowest BCUT2D eigenvalue weighted by Gasteiger charge is -2.15. The summed E-state index contributed by atoms with van der Waals surface area (Å²) in [4.78, 5) is 2.97. The molecule has 2 heteroatoms. The quantitative estimate of drug-likeness (QED) is 0.714. The van der Waals surface area contributed by atoms with Crippen molar-refractivity contribution in [1.82, 2.24) is 5.32 Å². The third kappa shape index (κ3) is 4.92. The van der Waals surface area contributed by atoms with Gasteiger partial charge in [0.2, 0.25) is 0 Å². The van der Waals surface area contributed by atoms with Gasteiger partial charge in [-0.05, 0) is 42.9 Å². The number of rotatable bonds is 6. The first kappa shape index (κ1) is 15.1. The van der Waals surface area contributed by atoms with Crippen molar-refractivity contribution in [2.45, 2.75) is 71.3 Å². The van der Waals surface area contributed by atoms with E-state index >= 15 is 0 Å². The summed E-state index contributed by atoms with van der Waals surface area (Å²) < 4.78 is 0. The number of nitrogens with one attached hydrogen (secondary N) is 1. The minimum absolute atomic E-state index is 0.297. The molecule has 0 radical (unpaired) electrons. The number of hydrogen-bond donors (Lipinski definition) is 1. The van der Waals surface area contributed by atoms with Crippen molar-refractivity contribution >= 4 is 11.3 Å². The maximum atomic E-state index is 3.60. The van der Waals surface area contributed by atoms with Crippen molar-refractivity contribution in [3.8, 4) is 0 Å². The summed E-state index contributed by atoms with van der Waals surface area (Å²) in [6, 6.07) is 4.58. The summed E-state index contributed by atoms with van der Waals surface area (Å²) >= 11 is 1.96. The average Bonchev–Trinajstić information content (AvgIpc) is 2.97. The minimum Gasteiger partial charge on any atom is -0.312 e. The second-order valence-electron chi connectivity index (χ2n) is 6.99. The fourth-order valence-corrected chi connectivity index (χ4v) is 3.94. The zero-order valence-corrected chi connectivity index (χ0v) is 13.6.